The molecule has 1 saturated heterocycles. The number of hydrogen-bond donors (Lipinski definition) is 1. The Labute approximate surface area is 104 Å². The maximum atomic E-state index is 13.3. The molecule has 0 spiro atoms. The van der Waals surface area contributed by atoms with E-state index in [1.807, 2.05) is 0 Å². The zero-order valence-corrected chi connectivity index (χ0v) is 9.89. The summed E-state index contributed by atoms with van der Waals surface area (Å²) in [6.45, 7) is 1.10. The summed E-state index contributed by atoms with van der Waals surface area (Å²) < 4.78 is 24.1. The third kappa shape index (κ3) is 2.98. The van der Waals surface area contributed by atoms with E-state index in [9.17, 15) is 9.18 Å². The Morgan fingerprint density at radius 3 is 3.06 bits per heavy atom. The molecule has 18 heavy (non-hydrogen) atoms. The summed E-state index contributed by atoms with van der Waals surface area (Å²) in [6.07, 6.45) is 2.91. The van der Waals surface area contributed by atoms with Crippen LogP contribution in [0.4, 0.5) is 4.39 Å². The van der Waals surface area contributed by atoms with Crippen LogP contribution >= 0.6 is 0 Å². The first-order valence-corrected chi connectivity index (χ1v) is 5.94. The van der Waals surface area contributed by atoms with Crippen molar-refractivity contribution in [1.29, 1.82) is 0 Å². The molecule has 1 aromatic carbocycles. The van der Waals surface area contributed by atoms with Crippen LogP contribution in [0.15, 0.2) is 18.2 Å². The fourth-order valence-corrected chi connectivity index (χ4v) is 2.00. The fraction of sp³-hybridized carbons (Fsp3) is 0.462. The Kier molecular flexibility index (Phi) is 4.15. The topological polar surface area (TPSA) is 55.8 Å². The van der Waals surface area contributed by atoms with Gasteiger partial charge in [-0.25, -0.2) is 9.18 Å². The van der Waals surface area contributed by atoms with Crippen LogP contribution in [0.25, 0.3) is 0 Å². The SMILES string of the molecule is O=C(O)c1c(F)cccc1OCCC1CCCO1. The third-order valence-corrected chi connectivity index (χ3v) is 2.91. The molecular weight excluding hydrogens is 239 g/mol. The average molecular weight is 254 g/mol. The van der Waals surface area contributed by atoms with Crippen LogP contribution in [0.2, 0.25) is 0 Å². The number of aromatic carboxylic acids is 1. The number of carbonyl (C=O) groups is 1. The summed E-state index contributed by atoms with van der Waals surface area (Å²) in [5, 5.41) is 8.91. The molecule has 0 aliphatic carbocycles. The van der Waals surface area contributed by atoms with Gasteiger partial charge in [0.2, 0.25) is 0 Å². The van der Waals surface area contributed by atoms with Crippen molar-refractivity contribution < 1.29 is 23.8 Å². The first kappa shape index (κ1) is 12.8. The summed E-state index contributed by atoms with van der Waals surface area (Å²) >= 11 is 0. The van der Waals surface area contributed by atoms with Crippen LogP contribution in [0.3, 0.4) is 0 Å². The predicted octanol–water partition coefficient (Wildman–Crippen LogP) is 2.47. The molecule has 4 nitrogen and oxygen atoms in total. The van der Waals surface area contributed by atoms with Gasteiger partial charge in [-0.3, -0.25) is 0 Å². The highest BCUT2D eigenvalue weighted by Crippen LogP contribution is 2.22. The molecule has 5 heteroatoms. The number of benzene rings is 1. The van der Waals surface area contributed by atoms with Crippen molar-refractivity contribution in [2.75, 3.05) is 13.2 Å². The van der Waals surface area contributed by atoms with Gasteiger partial charge in [0.15, 0.2) is 0 Å². The monoisotopic (exact) mass is 254 g/mol. The summed E-state index contributed by atoms with van der Waals surface area (Å²) in [6, 6.07) is 4.00. The molecule has 0 aromatic heterocycles. The molecule has 1 aromatic rings. The zero-order valence-electron chi connectivity index (χ0n) is 9.89. The molecular formula is C13H15FO4. The number of carboxylic acid groups (broad SMARTS) is 1. The van der Waals surface area contributed by atoms with Crippen molar-refractivity contribution in [1.82, 2.24) is 0 Å². The summed E-state index contributed by atoms with van der Waals surface area (Å²) in [4.78, 5) is 10.9. The van der Waals surface area contributed by atoms with Crippen molar-refractivity contribution in [3.63, 3.8) is 0 Å². The lowest BCUT2D eigenvalue weighted by Gasteiger charge is -2.12. The van der Waals surface area contributed by atoms with Crippen LogP contribution in [-0.2, 0) is 4.74 Å². The van der Waals surface area contributed by atoms with Gasteiger partial charge in [-0.05, 0) is 25.0 Å². The van der Waals surface area contributed by atoms with E-state index in [0.29, 0.717) is 13.0 Å². The fourth-order valence-electron chi connectivity index (χ4n) is 2.00. The van der Waals surface area contributed by atoms with Gasteiger partial charge in [-0.15, -0.1) is 0 Å². The van der Waals surface area contributed by atoms with E-state index in [2.05, 4.69) is 0 Å². The van der Waals surface area contributed by atoms with Gasteiger partial charge < -0.3 is 14.6 Å². The lowest BCUT2D eigenvalue weighted by Crippen LogP contribution is -2.12. The van der Waals surface area contributed by atoms with Crippen LogP contribution in [0.1, 0.15) is 29.6 Å². The lowest BCUT2D eigenvalue weighted by molar-refractivity contribution is 0.0683. The van der Waals surface area contributed by atoms with Gasteiger partial charge in [-0.1, -0.05) is 6.07 Å². The molecule has 1 N–H and O–H groups in total. The second-order valence-electron chi connectivity index (χ2n) is 4.19. The Morgan fingerprint density at radius 2 is 2.39 bits per heavy atom. The molecule has 0 radical (unpaired) electrons. The number of hydrogen-bond acceptors (Lipinski definition) is 3. The average Bonchev–Trinajstić information content (AvgIpc) is 2.81. The van der Waals surface area contributed by atoms with Gasteiger partial charge >= 0.3 is 5.97 Å². The maximum Gasteiger partial charge on any atom is 0.342 e. The molecule has 1 aliphatic rings. The van der Waals surface area contributed by atoms with Crippen molar-refractivity contribution in [2.24, 2.45) is 0 Å². The number of ether oxygens (including phenoxy) is 2. The minimum Gasteiger partial charge on any atom is -0.492 e. The second-order valence-corrected chi connectivity index (χ2v) is 4.19. The summed E-state index contributed by atoms with van der Waals surface area (Å²) in [5.74, 6) is -2.03. The number of rotatable bonds is 5. The van der Waals surface area contributed by atoms with E-state index >= 15 is 0 Å². The van der Waals surface area contributed by atoms with Crippen molar-refractivity contribution in [3.05, 3.63) is 29.6 Å². The van der Waals surface area contributed by atoms with Crippen molar-refractivity contribution >= 4 is 5.97 Å². The summed E-state index contributed by atoms with van der Waals surface area (Å²) in [7, 11) is 0. The van der Waals surface area contributed by atoms with Gasteiger partial charge in [-0.2, -0.15) is 0 Å². The standard InChI is InChI=1S/C13H15FO4/c14-10-4-1-5-11(12(10)13(15)16)18-8-6-9-3-2-7-17-9/h1,4-5,9H,2-3,6-8H2,(H,15,16). The van der Waals surface area contributed by atoms with Crippen LogP contribution < -0.4 is 4.74 Å². The van der Waals surface area contributed by atoms with E-state index in [0.717, 1.165) is 25.5 Å². The number of halogens is 1. The zero-order chi connectivity index (χ0) is 13.0. The van der Waals surface area contributed by atoms with Crippen molar-refractivity contribution in [2.45, 2.75) is 25.4 Å². The molecule has 1 atom stereocenters. The first-order valence-electron chi connectivity index (χ1n) is 5.94. The smallest absolute Gasteiger partial charge is 0.342 e. The Balaban J connectivity index is 1.96. The normalized spacial score (nSPS) is 18.8. The predicted molar refractivity (Wildman–Crippen MR) is 62.4 cm³/mol. The Morgan fingerprint density at radius 1 is 1.56 bits per heavy atom. The van der Waals surface area contributed by atoms with Gasteiger partial charge in [0, 0.05) is 13.0 Å². The molecule has 0 bridgehead atoms. The molecule has 1 unspecified atom stereocenters. The third-order valence-electron chi connectivity index (χ3n) is 2.91. The van der Waals surface area contributed by atoms with Gasteiger partial charge in [0.05, 0.1) is 12.7 Å². The number of carboxylic acids is 1. The molecule has 0 amide bonds. The molecule has 2 rings (SSSR count). The quantitative estimate of drug-likeness (QED) is 0.877. The molecule has 1 fully saturated rings. The van der Waals surface area contributed by atoms with Crippen molar-refractivity contribution in [3.8, 4) is 5.75 Å². The highest BCUT2D eigenvalue weighted by molar-refractivity contribution is 5.91. The van der Waals surface area contributed by atoms with Crippen LogP contribution in [0.5, 0.6) is 5.75 Å². The minimum absolute atomic E-state index is 0.0699. The molecule has 1 aliphatic heterocycles. The first-order chi connectivity index (χ1) is 8.68. The van der Waals surface area contributed by atoms with E-state index in [4.69, 9.17) is 14.6 Å². The second kappa shape index (κ2) is 5.82. The Bertz CT molecular complexity index is 427. The molecule has 98 valence electrons. The van der Waals surface area contributed by atoms with Gasteiger partial charge in [0.1, 0.15) is 17.1 Å². The lowest BCUT2D eigenvalue weighted by atomic mass is 10.2. The van der Waals surface area contributed by atoms with E-state index in [-0.39, 0.29) is 11.9 Å². The van der Waals surface area contributed by atoms with Gasteiger partial charge in [0.25, 0.3) is 0 Å². The maximum absolute atomic E-state index is 13.3. The minimum atomic E-state index is -1.32. The highest BCUT2D eigenvalue weighted by Gasteiger charge is 2.18. The largest absolute Gasteiger partial charge is 0.492 e. The van der Waals surface area contributed by atoms with E-state index in [1.54, 1.807) is 0 Å². The Hall–Kier alpha value is -1.62. The summed E-state index contributed by atoms with van der Waals surface area (Å²) in [5.41, 5.74) is -0.412. The molecule has 1 heterocycles. The van der Waals surface area contributed by atoms with E-state index < -0.39 is 17.3 Å². The van der Waals surface area contributed by atoms with Crippen LogP contribution in [0, 0.1) is 5.82 Å². The van der Waals surface area contributed by atoms with Crippen LogP contribution in [-0.4, -0.2) is 30.4 Å². The van der Waals surface area contributed by atoms with E-state index in [1.165, 1.54) is 12.1 Å². The highest BCUT2D eigenvalue weighted by atomic mass is 19.1. The molecule has 0 saturated carbocycles.